The summed E-state index contributed by atoms with van der Waals surface area (Å²) in [5.41, 5.74) is 11.1. The molecule has 1 saturated heterocycles. The molecule has 6 nitrogen and oxygen atoms in total. The topological polar surface area (TPSA) is 87.9 Å². The molecule has 0 spiro atoms. The third-order valence-electron chi connectivity index (χ3n) is 5.87. The lowest BCUT2D eigenvalue weighted by Crippen LogP contribution is -2.39. The Morgan fingerprint density at radius 1 is 1.16 bits per heavy atom. The molecule has 0 radical (unpaired) electrons. The summed E-state index contributed by atoms with van der Waals surface area (Å²) < 4.78 is 27.0. The summed E-state index contributed by atoms with van der Waals surface area (Å²) in [4.78, 5) is 26.5. The highest BCUT2D eigenvalue weighted by atomic mass is 19.3. The van der Waals surface area contributed by atoms with Gasteiger partial charge in [-0.2, -0.15) is 0 Å². The Kier molecular flexibility index (Phi) is 4.39. The smallest absolute Gasteiger partial charge is 0.251 e. The fourth-order valence-electron chi connectivity index (χ4n) is 4.09. The van der Waals surface area contributed by atoms with Gasteiger partial charge in [0.2, 0.25) is 0 Å². The zero-order valence-corrected chi connectivity index (χ0v) is 17.0. The lowest BCUT2D eigenvalue weighted by atomic mass is 10.1. The van der Waals surface area contributed by atoms with Gasteiger partial charge in [0.15, 0.2) is 0 Å². The number of nitrogens with two attached hydrogens (primary N) is 1. The number of hydrogen-bond donors (Lipinski definition) is 2. The van der Waals surface area contributed by atoms with E-state index in [9.17, 15) is 13.6 Å². The van der Waals surface area contributed by atoms with E-state index >= 15 is 0 Å². The molecule has 31 heavy (non-hydrogen) atoms. The van der Waals surface area contributed by atoms with Gasteiger partial charge in [0.25, 0.3) is 11.8 Å². The summed E-state index contributed by atoms with van der Waals surface area (Å²) in [5, 5.41) is 0.838. The van der Waals surface area contributed by atoms with Gasteiger partial charge < -0.3 is 15.6 Å². The Hall–Kier alpha value is -3.55. The first-order chi connectivity index (χ1) is 14.8. The lowest BCUT2D eigenvalue weighted by molar-refractivity contribution is -0.0220. The summed E-state index contributed by atoms with van der Waals surface area (Å²) in [7, 11) is 0. The van der Waals surface area contributed by atoms with Gasteiger partial charge in [0, 0.05) is 54.5 Å². The van der Waals surface area contributed by atoms with Crippen LogP contribution in [-0.4, -0.2) is 39.9 Å². The Bertz CT molecular complexity index is 1300. The number of aryl methyl sites for hydroxylation is 1. The molecule has 0 saturated carbocycles. The lowest BCUT2D eigenvalue weighted by Gasteiger charge is -2.33. The molecule has 1 amide bonds. The van der Waals surface area contributed by atoms with Crippen LogP contribution in [-0.2, 0) is 0 Å². The molecule has 5 rings (SSSR count). The number of hydrogen-bond acceptors (Lipinski definition) is 4. The number of anilines is 1. The molecule has 8 heteroatoms. The minimum absolute atomic E-state index is 0.154. The number of alkyl halides is 2. The zero-order valence-electron chi connectivity index (χ0n) is 17.0. The fraction of sp³-hybridized carbons (Fsp3) is 0.261. The predicted octanol–water partition coefficient (Wildman–Crippen LogP) is 4.42. The summed E-state index contributed by atoms with van der Waals surface area (Å²) in [5.74, 6) is -3.15. The second kappa shape index (κ2) is 7.01. The maximum atomic E-state index is 13.5. The number of aromatic nitrogens is 3. The van der Waals surface area contributed by atoms with Crippen molar-refractivity contribution in [1.29, 1.82) is 0 Å². The molecule has 0 unspecified atom stereocenters. The Balaban J connectivity index is 1.63. The van der Waals surface area contributed by atoms with Crippen LogP contribution >= 0.6 is 0 Å². The Labute approximate surface area is 177 Å². The molecule has 1 aromatic carbocycles. The number of aromatic amines is 1. The van der Waals surface area contributed by atoms with Crippen molar-refractivity contribution in [1.82, 2.24) is 15.0 Å². The second-order valence-electron chi connectivity index (χ2n) is 8.03. The predicted molar refractivity (Wildman–Crippen MR) is 116 cm³/mol. The number of carbonyl (C=O) groups excluding carboxylic acids is 1. The van der Waals surface area contributed by atoms with Gasteiger partial charge in [0.1, 0.15) is 0 Å². The molecule has 3 N–H and O–H groups in total. The van der Waals surface area contributed by atoms with Crippen molar-refractivity contribution < 1.29 is 13.6 Å². The third-order valence-corrected chi connectivity index (χ3v) is 5.87. The maximum absolute atomic E-state index is 13.5. The summed E-state index contributed by atoms with van der Waals surface area (Å²) in [6, 6.07) is 11.2. The van der Waals surface area contributed by atoms with Crippen molar-refractivity contribution in [3.8, 4) is 11.3 Å². The maximum Gasteiger partial charge on any atom is 0.251 e. The fourth-order valence-corrected chi connectivity index (χ4v) is 4.09. The molecular weight excluding hydrogens is 400 g/mol. The van der Waals surface area contributed by atoms with Crippen molar-refractivity contribution in [2.45, 2.75) is 25.7 Å². The van der Waals surface area contributed by atoms with E-state index in [1.807, 2.05) is 42.2 Å². The van der Waals surface area contributed by atoms with Gasteiger partial charge in [0.05, 0.1) is 27.8 Å². The number of nitrogens with one attached hydrogen (secondary N) is 1. The number of halogens is 2. The highest BCUT2D eigenvalue weighted by Gasteiger charge is 2.34. The van der Waals surface area contributed by atoms with Crippen LogP contribution in [0.3, 0.4) is 0 Å². The van der Waals surface area contributed by atoms with Gasteiger partial charge in [-0.15, -0.1) is 0 Å². The van der Waals surface area contributed by atoms with Crippen molar-refractivity contribution in [2.24, 2.45) is 5.73 Å². The number of pyridine rings is 2. The number of benzene rings is 1. The number of H-pyrrole nitrogens is 1. The number of nitrogens with zero attached hydrogens (tertiary/aromatic N) is 3. The molecule has 1 aliphatic heterocycles. The molecular formula is C23H21F2N5O. The average molecular weight is 421 g/mol. The third kappa shape index (κ3) is 3.48. The van der Waals surface area contributed by atoms with Crippen LogP contribution in [0.15, 0.2) is 42.6 Å². The summed E-state index contributed by atoms with van der Waals surface area (Å²) in [6.45, 7) is 2.50. The molecule has 0 atom stereocenters. The standard InChI is InChI=1S/C23H21F2N5O/c1-13-2-3-14(12-27-13)18-11-17(22(26)31)21-20(28-18)16-5-4-15(10-19(16)29-21)30-8-6-23(24,25)7-9-30/h2-5,10-12,29H,6-9H2,1H3,(H2,26,31). The van der Waals surface area contributed by atoms with Gasteiger partial charge in [-0.25, -0.2) is 13.8 Å². The van der Waals surface area contributed by atoms with E-state index in [0.29, 0.717) is 35.4 Å². The normalized spacial score (nSPS) is 16.2. The van der Waals surface area contributed by atoms with Gasteiger partial charge in [-0.05, 0) is 43.3 Å². The molecule has 158 valence electrons. The second-order valence-corrected chi connectivity index (χ2v) is 8.03. The van der Waals surface area contributed by atoms with Crippen LogP contribution in [0, 0.1) is 6.92 Å². The van der Waals surface area contributed by atoms with Crippen LogP contribution in [0.2, 0.25) is 0 Å². The minimum Gasteiger partial charge on any atom is -0.371 e. The first kappa shape index (κ1) is 19.4. The Morgan fingerprint density at radius 2 is 1.94 bits per heavy atom. The number of primary amides is 1. The monoisotopic (exact) mass is 421 g/mol. The van der Waals surface area contributed by atoms with Crippen molar-refractivity contribution >= 4 is 33.5 Å². The average Bonchev–Trinajstić information content (AvgIpc) is 3.11. The van der Waals surface area contributed by atoms with E-state index in [1.54, 1.807) is 12.3 Å². The van der Waals surface area contributed by atoms with E-state index in [2.05, 4.69) is 9.97 Å². The van der Waals surface area contributed by atoms with Crippen LogP contribution in [0.4, 0.5) is 14.5 Å². The van der Waals surface area contributed by atoms with Gasteiger partial charge in [-0.1, -0.05) is 0 Å². The summed E-state index contributed by atoms with van der Waals surface area (Å²) in [6.07, 6.45) is 1.41. The van der Waals surface area contributed by atoms with E-state index < -0.39 is 11.8 Å². The van der Waals surface area contributed by atoms with Crippen LogP contribution < -0.4 is 10.6 Å². The SMILES string of the molecule is Cc1ccc(-c2cc(C(N)=O)c3[nH]c4cc(N5CCC(F)(F)CC5)ccc4c3n2)cn1. The molecule has 0 aliphatic carbocycles. The summed E-state index contributed by atoms with van der Waals surface area (Å²) >= 11 is 0. The Morgan fingerprint density at radius 3 is 2.61 bits per heavy atom. The highest BCUT2D eigenvalue weighted by molar-refractivity contribution is 6.14. The number of rotatable bonds is 3. The van der Waals surface area contributed by atoms with Crippen LogP contribution in [0.5, 0.6) is 0 Å². The molecule has 1 aliphatic rings. The molecule has 1 fully saturated rings. The zero-order chi connectivity index (χ0) is 21.8. The van der Waals surface area contributed by atoms with E-state index in [4.69, 9.17) is 10.7 Å². The molecule has 0 bridgehead atoms. The number of piperidine rings is 1. The van der Waals surface area contributed by atoms with Gasteiger partial charge in [-0.3, -0.25) is 9.78 Å². The first-order valence-corrected chi connectivity index (χ1v) is 10.1. The number of fused-ring (bicyclic) bond motifs is 3. The van der Waals surface area contributed by atoms with E-state index in [0.717, 1.165) is 27.8 Å². The van der Waals surface area contributed by atoms with Crippen molar-refractivity contribution in [3.63, 3.8) is 0 Å². The molecule has 4 heterocycles. The minimum atomic E-state index is -2.59. The number of amides is 1. The van der Waals surface area contributed by atoms with Crippen LogP contribution in [0.1, 0.15) is 28.9 Å². The van der Waals surface area contributed by atoms with E-state index in [1.165, 1.54) is 0 Å². The van der Waals surface area contributed by atoms with Crippen molar-refractivity contribution in [2.75, 3.05) is 18.0 Å². The quantitative estimate of drug-likeness (QED) is 0.513. The first-order valence-electron chi connectivity index (χ1n) is 10.1. The van der Waals surface area contributed by atoms with Crippen molar-refractivity contribution in [3.05, 3.63) is 53.9 Å². The molecule has 4 aromatic rings. The highest BCUT2D eigenvalue weighted by Crippen LogP contribution is 2.34. The van der Waals surface area contributed by atoms with Gasteiger partial charge >= 0.3 is 0 Å². The molecule has 3 aromatic heterocycles. The van der Waals surface area contributed by atoms with Crippen LogP contribution in [0.25, 0.3) is 33.2 Å². The van der Waals surface area contributed by atoms with E-state index in [-0.39, 0.29) is 12.8 Å². The largest absolute Gasteiger partial charge is 0.371 e. The number of carbonyl (C=O) groups is 1.